The Morgan fingerprint density at radius 2 is 1.46 bits per heavy atom. The highest BCUT2D eigenvalue weighted by molar-refractivity contribution is 6.30. The van der Waals surface area contributed by atoms with Gasteiger partial charge in [0.25, 0.3) is 0 Å². The van der Waals surface area contributed by atoms with Crippen LogP contribution in [0.25, 0.3) is 0 Å². The van der Waals surface area contributed by atoms with E-state index in [0.29, 0.717) is 6.04 Å². The van der Waals surface area contributed by atoms with Gasteiger partial charge in [0, 0.05) is 43.3 Å². The molecule has 2 aromatic carbocycles. The van der Waals surface area contributed by atoms with Gasteiger partial charge in [-0.25, -0.2) is 0 Å². The number of rotatable bonds is 5. The van der Waals surface area contributed by atoms with E-state index in [1.165, 1.54) is 56.3 Å². The zero-order chi connectivity index (χ0) is 18.5. The van der Waals surface area contributed by atoms with Crippen LogP contribution in [0.15, 0.2) is 54.6 Å². The molecular formula is C24H32Cl2N2. The average molecular weight is 419 g/mol. The summed E-state index contributed by atoms with van der Waals surface area (Å²) >= 11 is 6.15. The van der Waals surface area contributed by atoms with Crippen molar-refractivity contribution in [2.24, 2.45) is 0 Å². The van der Waals surface area contributed by atoms with Gasteiger partial charge in [0.2, 0.25) is 0 Å². The number of benzene rings is 2. The Kier molecular flexibility index (Phi) is 8.23. The molecular weight excluding hydrogens is 387 g/mol. The molecule has 4 rings (SSSR count). The van der Waals surface area contributed by atoms with Crippen molar-refractivity contribution < 1.29 is 0 Å². The van der Waals surface area contributed by atoms with Crippen LogP contribution >= 0.6 is 24.0 Å². The molecule has 0 amide bonds. The van der Waals surface area contributed by atoms with E-state index in [1.807, 2.05) is 12.1 Å². The quantitative estimate of drug-likeness (QED) is 0.587. The molecule has 0 aromatic heterocycles. The van der Waals surface area contributed by atoms with Gasteiger partial charge < -0.3 is 0 Å². The van der Waals surface area contributed by atoms with Crippen LogP contribution in [0.4, 0.5) is 0 Å². The standard InChI is InChI=1S/C24H31ClN2.ClH/c25-22-13-11-21(12-14-22)24(19-20-7-3-1-4-8-20)27-17-15-26(16-18-27)23-9-5-2-6-10-23;/h1,3-4,7-8,11-14,23-24H,2,5-6,9-10,15-19H2;1H. The molecule has 0 bridgehead atoms. The maximum absolute atomic E-state index is 6.15. The zero-order valence-corrected chi connectivity index (χ0v) is 18.2. The fraction of sp³-hybridized carbons (Fsp3) is 0.500. The third-order valence-corrected chi connectivity index (χ3v) is 6.66. The monoisotopic (exact) mass is 418 g/mol. The topological polar surface area (TPSA) is 6.48 Å². The van der Waals surface area contributed by atoms with Crippen LogP contribution < -0.4 is 0 Å². The van der Waals surface area contributed by atoms with E-state index in [0.717, 1.165) is 30.6 Å². The number of nitrogens with zero attached hydrogens (tertiary/aromatic N) is 2. The largest absolute Gasteiger partial charge is 0.298 e. The molecule has 4 heteroatoms. The second-order valence-corrected chi connectivity index (χ2v) is 8.56. The van der Waals surface area contributed by atoms with E-state index in [-0.39, 0.29) is 12.4 Å². The van der Waals surface area contributed by atoms with Crippen LogP contribution in [0.5, 0.6) is 0 Å². The van der Waals surface area contributed by atoms with Gasteiger partial charge in [0.15, 0.2) is 0 Å². The summed E-state index contributed by atoms with van der Waals surface area (Å²) in [4.78, 5) is 5.45. The summed E-state index contributed by atoms with van der Waals surface area (Å²) in [6.45, 7) is 4.75. The molecule has 1 unspecified atom stereocenters. The third-order valence-electron chi connectivity index (χ3n) is 6.41. The summed E-state index contributed by atoms with van der Waals surface area (Å²) in [6.07, 6.45) is 8.16. The maximum Gasteiger partial charge on any atom is 0.0406 e. The van der Waals surface area contributed by atoms with Crippen molar-refractivity contribution in [1.29, 1.82) is 0 Å². The van der Waals surface area contributed by atoms with Crippen molar-refractivity contribution in [2.75, 3.05) is 26.2 Å². The van der Waals surface area contributed by atoms with E-state index in [9.17, 15) is 0 Å². The fourth-order valence-electron chi connectivity index (χ4n) is 4.84. The molecule has 1 saturated carbocycles. The first-order valence-corrected chi connectivity index (χ1v) is 10.9. The summed E-state index contributed by atoms with van der Waals surface area (Å²) in [5.74, 6) is 0. The van der Waals surface area contributed by atoms with Gasteiger partial charge >= 0.3 is 0 Å². The summed E-state index contributed by atoms with van der Waals surface area (Å²) < 4.78 is 0. The van der Waals surface area contributed by atoms with Gasteiger partial charge in [-0.05, 0) is 42.5 Å². The summed E-state index contributed by atoms with van der Waals surface area (Å²) in [6, 6.07) is 20.7. The second-order valence-electron chi connectivity index (χ2n) is 8.12. The molecule has 28 heavy (non-hydrogen) atoms. The summed E-state index contributed by atoms with van der Waals surface area (Å²) in [5, 5.41) is 0.819. The number of hydrogen-bond acceptors (Lipinski definition) is 2. The van der Waals surface area contributed by atoms with Crippen molar-refractivity contribution in [2.45, 2.75) is 50.6 Å². The summed E-state index contributed by atoms with van der Waals surface area (Å²) in [5.41, 5.74) is 2.79. The van der Waals surface area contributed by atoms with Crippen molar-refractivity contribution in [3.05, 3.63) is 70.7 Å². The van der Waals surface area contributed by atoms with Crippen LogP contribution in [0.2, 0.25) is 5.02 Å². The van der Waals surface area contributed by atoms with Gasteiger partial charge in [0.1, 0.15) is 0 Å². The first-order chi connectivity index (χ1) is 13.3. The van der Waals surface area contributed by atoms with Gasteiger partial charge in [-0.2, -0.15) is 0 Å². The predicted molar refractivity (Wildman–Crippen MR) is 122 cm³/mol. The van der Waals surface area contributed by atoms with E-state index >= 15 is 0 Å². The lowest BCUT2D eigenvalue weighted by Crippen LogP contribution is -2.51. The van der Waals surface area contributed by atoms with Gasteiger partial charge in [-0.1, -0.05) is 73.3 Å². The van der Waals surface area contributed by atoms with E-state index in [4.69, 9.17) is 11.6 Å². The van der Waals surface area contributed by atoms with Crippen molar-refractivity contribution in [3.8, 4) is 0 Å². The molecule has 2 nitrogen and oxygen atoms in total. The van der Waals surface area contributed by atoms with Crippen LogP contribution in [0.1, 0.15) is 49.3 Å². The molecule has 2 fully saturated rings. The van der Waals surface area contributed by atoms with E-state index < -0.39 is 0 Å². The Morgan fingerprint density at radius 3 is 2.11 bits per heavy atom. The number of hydrogen-bond donors (Lipinski definition) is 0. The maximum atomic E-state index is 6.15. The minimum Gasteiger partial charge on any atom is -0.298 e. The number of piperazine rings is 1. The van der Waals surface area contributed by atoms with E-state index in [1.54, 1.807) is 0 Å². The molecule has 1 aliphatic heterocycles. The average Bonchev–Trinajstić information content (AvgIpc) is 2.74. The van der Waals surface area contributed by atoms with Crippen molar-refractivity contribution >= 4 is 24.0 Å². The van der Waals surface area contributed by atoms with Crippen LogP contribution in [-0.4, -0.2) is 42.0 Å². The van der Waals surface area contributed by atoms with Crippen molar-refractivity contribution in [3.63, 3.8) is 0 Å². The Balaban J connectivity index is 0.00000225. The smallest absolute Gasteiger partial charge is 0.0406 e. The lowest BCUT2D eigenvalue weighted by molar-refractivity contribution is 0.0559. The highest BCUT2D eigenvalue weighted by Crippen LogP contribution is 2.29. The predicted octanol–water partition coefficient (Wildman–Crippen LogP) is 6.00. The minimum absolute atomic E-state index is 0. The molecule has 1 aliphatic carbocycles. The first-order valence-electron chi connectivity index (χ1n) is 10.6. The Hall–Kier alpha value is -1.06. The lowest BCUT2D eigenvalue weighted by atomic mass is 9.93. The van der Waals surface area contributed by atoms with Crippen LogP contribution in [0, 0.1) is 0 Å². The third kappa shape index (κ3) is 5.51. The molecule has 1 heterocycles. The molecule has 2 aliphatic rings. The SMILES string of the molecule is Cl.Clc1ccc(C(Cc2ccccc2)N2CCN(C3CCCCC3)CC2)cc1. The molecule has 1 atom stereocenters. The van der Waals surface area contributed by atoms with Gasteiger partial charge in [-0.15, -0.1) is 12.4 Å². The Bertz CT molecular complexity index is 690. The van der Waals surface area contributed by atoms with Crippen LogP contribution in [-0.2, 0) is 6.42 Å². The van der Waals surface area contributed by atoms with E-state index in [2.05, 4.69) is 52.3 Å². The molecule has 152 valence electrons. The number of halogens is 2. The molecule has 0 radical (unpaired) electrons. The highest BCUT2D eigenvalue weighted by atomic mass is 35.5. The fourth-order valence-corrected chi connectivity index (χ4v) is 4.97. The second kappa shape index (κ2) is 10.6. The summed E-state index contributed by atoms with van der Waals surface area (Å²) in [7, 11) is 0. The highest BCUT2D eigenvalue weighted by Gasteiger charge is 2.29. The molecule has 2 aromatic rings. The Labute approximate surface area is 181 Å². The first kappa shape index (κ1) is 21.6. The molecule has 1 saturated heterocycles. The Morgan fingerprint density at radius 1 is 0.821 bits per heavy atom. The molecule has 0 N–H and O–H groups in total. The van der Waals surface area contributed by atoms with Crippen molar-refractivity contribution in [1.82, 2.24) is 9.80 Å². The zero-order valence-electron chi connectivity index (χ0n) is 16.6. The van der Waals surface area contributed by atoms with Gasteiger partial charge in [0.05, 0.1) is 0 Å². The normalized spacial score (nSPS) is 20.5. The lowest BCUT2D eigenvalue weighted by Gasteiger charge is -2.43. The minimum atomic E-state index is 0. The molecule has 0 spiro atoms. The van der Waals surface area contributed by atoms with Crippen LogP contribution in [0.3, 0.4) is 0 Å². The van der Waals surface area contributed by atoms with Gasteiger partial charge in [-0.3, -0.25) is 9.80 Å².